The number of nitrogens with zero attached hydrogens (tertiary/aromatic N) is 1. The Kier molecular flexibility index (Phi) is 6.45. The fourth-order valence-corrected chi connectivity index (χ4v) is 3.47. The summed E-state index contributed by atoms with van der Waals surface area (Å²) in [5.41, 5.74) is 4.11. The van der Waals surface area contributed by atoms with Crippen molar-refractivity contribution in [2.45, 2.75) is 52.0 Å². The number of nitrogens with one attached hydrogen (secondary N) is 1. The SMILES string of the molecule is CC(C)c1ccc(NC(=O)c2ccc(CN3CCCCCC3)cc2)cc1. The van der Waals surface area contributed by atoms with Crippen molar-refractivity contribution in [2.24, 2.45) is 0 Å². The lowest BCUT2D eigenvalue weighted by atomic mass is 10.0. The number of anilines is 1. The van der Waals surface area contributed by atoms with Gasteiger partial charge in [0.05, 0.1) is 0 Å². The van der Waals surface area contributed by atoms with Gasteiger partial charge >= 0.3 is 0 Å². The molecule has 1 amide bonds. The molecular formula is C23H30N2O. The second-order valence-electron chi connectivity index (χ2n) is 7.62. The van der Waals surface area contributed by atoms with Gasteiger partial charge in [-0.25, -0.2) is 0 Å². The van der Waals surface area contributed by atoms with E-state index in [2.05, 4.69) is 48.3 Å². The number of rotatable bonds is 5. The third kappa shape index (κ3) is 5.18. The predicted octanol–water partition coefficient (Wildman–Crippen LogP) is 5.44. The summed E-state index contributed by atoms with van der Waals surface area (Å²) in [5.74, 6) is 0.445. The Morgan fingerprint density at radius 3 is 2.12 bits per heavy atom. The first kappa shape index (κ1) is 18.7. The van der Waals surface area contributed by atoms with Crippen molar-refractivity contribution in [1.29, 1.82) is 0 Å². The molecule has 3 rings (SSSR count). The van der Waals surface area contributed by atoms with E-state index in [9.17, 15) is 4.79 Å². The van der Waals surface area contributed by atoms with E-state index in [0.29, 0.717) is 11.5 Å². The first-order valence-corrected chi connectivity index (χ1v) is 9.84. The zero-order valence-electron chi connectivity index (χ0n) is 16.0. The van der Waals surface area contributed by atoms with E-state index >= 15 is 0 Å². The molecule has 2 aromatic rings. The molecule has 0 bridgehead atoms. The van der Waals surface area contributed by atoms with Crippen molar-refractivity contribution in [3.05, 3.63) is 65.2 Å². The van der Waals surface area contributed by atoms with Gasteiger partial charge < -0.3 is 5.32 Å². The molecule has 1 heterocycles. The largest absolute Gasteiger partial charge is 0.322 e. The Balaban J connectivity index is 1.57. The molecular weight excluding hydrogens is 320 g/mol. The Morgan fingerprint density at radius 2 is 1.54 bits per heavy atom. The molecule has 1 fully saturated rings. The topological polar surface area (TPSA) is 32.3 Å². The van der Waals surface area contributed by atoms with Gasteiger partial charge in [-0.05, 0) is 67.2 Å². The maximum Gasteiger partial charge on any atom is 0.255 e. The second-order valence-corrected chi connectivity index (χ2v) is 7.62. The summed E-state index contributed by atoms with van der Waals surface area (Å²) < 4.78 is 0. The average molecular weight is 351 g/mol. The summed E-state index contributed by atoms with van der Waals surface area (Å²) in [6.45, 7) is 7.70. The standard InChI is InChI=1S/C23H30N2O/c1-18(2)20-11-13-22(14-12-20)24-23(26)21-9-7-19(8-10-21)17-25-15-5-3-4-6-16-25/h7-14,18H,3-6,15-17H2,1-2H3,(H,24,26). The van der Waals surface area contributed by atoms with Crippen molar-refractivity contribution < 1.29 is 4.79 Å². The monoisotopic (exact) mass is 350 g/mol. The smallest absolute Gasteiger partial charge is 0.255 e. The highest BCUT2D eigenvalue weighted by atomic mass is 16.1. The lowest BCUT2D eigenvalue weighted by Gasteiger charge is -2.19. The van der Waals surface area contributed by atoms with Crippen LogP contribution in [0.25, 0.3) is 0 Å². The highest BCUT2D eigenvalue weighted by Gasteiger charge is 2.11. The molecule has 26 heavy (non-hydrogen) atoms. The molecule has 0 unspecified atom stereocenters. The molecule has 1 aliphatic heterocycles. The lowest BCUT2D eigenvalue weighted by molar-refractivity contribution is 0.102. The summed E-state index contributed by atoms with van der Waals surface area (Å²) >= 11 is 0. The van der Waals surface area contributed by atoms with Crippen LogP contribution in [0.1, 0.15) is 66.9 Å². The van der Waals surface area contributed by atoms with Gasteiger partial charge in [-0.15, -0.1) is 0 Å². The number of carbonyl (C=O) groups is 1. The van der Waals surface area contributed by atoms with Gasteiger partial charge in [-0.2, -0.15) is 0 Å². The maximum absolute atomic E-state index is 12.5. The van der Waals surface area contributed by atoms with E-state index in [1.807, 2.05) is 24.3 Å². The molecule has 0 spiro atoms. The Hall–Kier alpha value is -2.13. The average Bonchev–Trinajstić information content (AvgIpc) is 2.91. The molecule has 1 N–H and O–H groups in total. The fourth-order valence-electron chi connectivity index (χ4n) is 3.47. The summed E-state index contributed by atoms with van der Waals surface area (Å²) in [6.07, 6.45) is 5.31. The Morgan fingerprint density at radius 1 is 0.923 bits per heavy atom. The van der Waals surface area contributed by atoms with Crippen LogP contribution in [0.15, 0.2) is 48.5 Å². The van der Waals surface area contributed by atoms with E-state index < -0.39 is 0 Å². The van der Waals surface area contributed by atoms with Crippen LogP contribution in [0.3, 0.4) is 0 Å². The minimum Gasteiger partial charge on any atom is -0.322 e. The number of carbonyl (C=O) groups excluding carboxylic acids is 1. The van der Waals surface area contributed by atoms with Crippen LogP contribution in [-0.2, 0) is 6.54 Å². The molecule has 0 atom stereocenters. The summed E-state index contributed by atoms with van der Waals surface area (Å²) in [4.78, 5) is 15.0. The first-order valence-electron chi connectivity index (χ1n) is 9.84. The van der Waals surface area contributed by atoms with E-state index in [4.69, 9.17) is 0 Å². The van der Waals surface area contributed by atoms with E-state index in [0.717, 1.165) is 12.2 Å². The third-order valence-electron chi connectivity index (χ3n) is 5.16. The number of benzene rings is 2. The van der Waals surface area contributed by atoms with E-state index in [1.54, 1.807) is 0 Å². The number of amides is 1. The highest BCUT2D eigenvalue weighted by Crippen LogP contribution is 2.18. The van der Waals surface area contributed by atoms with Crippen LogP contribution in [0.5, 0.6) is 0 Å². The first-order chi connectivity index (χ1) is 12.6. The maximum atomic E-state index is 12.5. The summed E-state index contributed by atoms with van der Waals surface area (Å²) in [7, 11) is 0. The molecule has 3 nitrogen and oxygen atoms in total. The van der Waals surface area contributed by atoms with Crippen molar-refractivity contribution >= 4 is 11.6 Å². The van der Waals surface area contributed by atoms with Crippen LogP contribution >= 0.6 is 0 Å². The lowest BCUT2D eigenvalue weighted by Crippen LogP contribution is -2.24. The second kappa shape index (κ2) is 9.00. The van der Waals surface area contributed by atoms with Crippen LogP contribution in [0.4, 0.5) is 5.69 Å². The molecule has 0 aliphatic carbocycles. The van der Waals surface area contributed by atoms with Crippen LogP contribution in [0.2, 0.25) is 0 Å². The van der Waals surface area contributed by atoms with Crippen molar-refractivity contribution in [2.75, 3.05) is 18.4 Å². The van der Waals surface area contributed by atoms with Gasteiger partial charge in [0, 0.05) is 17.8 Å². The van der Waals surface area contributed by atoms with Gasteiger partial charge in [0.1, 0.15) is 0 Å². The van der Waals surface area contributed by atoms with E-state index in [-0.39, 0.29) is 5.91 Å². The summed E-state index contributed by atoms with van der Waals surface area (Å²) in [6, 6.07) is 16.1. The van der Waals surface area contributed by atoms with Gasteiger partial charge in [0.2, 0.25) is 0 Å². The molecule has 2 aromatic carbocycles. The Labute approximate surface area is 157 Å². The minimum absolute atomic E-state index is 0.0522. The zero-order valence-corrected chi connectivity index (χ0v) is 16.0. The number of likely N-dealkylation sites (tertiary alicyclic amines) is 1. The Bertz CT molecular complexity index is 696. The molecule has 1 saturated heterocycles. The van der Waals surface area contributed by atoms with E-state index in [1.165, 1.54) is 49.9 Å². The highest BCUT2D eigenvalue weighted by molar-refractivity contribution is 6.04. The summed E-state index contributed by atoms with van der Waals surface area (Å²) in [5, 5.41) is 2.98. The van der Waals surface area contributed by atoms with Gasteiger partial charge in [-0.3, -0.25) is 9.69 Å². The minimum atomic E-state index is -0.0522. The molecule has 0 radical (unpaired) electrons. The third-order valence-corrected chi connectivity index (χ3v) is 5.16. The molecule has 1 aliphatic rings. The molecule has 0 saturated carbocycles. The van der Waals surface area contributed by atoms with Crippen molar-refractivity contribution in [3.8, 4) is 0 Å². The predicted molar refractivity (Wildman–Crippen MR) is 109 cm³/mol. The van der Waals surface area contributed by atoms with Crippen LogP contribution in [-0.4, -0.2) is 23.9 Å². The van der Waals surface area contributed by atoms with Crippen molar-refractivity contribution in [3.63, 3.8) is 0 Å². The zero-order chi connectivity index (χ0) is 18.4. The molecule has 138 valence electrons. The molecule has 0 aromatic heterocycles. The van der Waals surface area contributed by atoms with Gasteiger partial charge in [0.25, 0.3) is 5.91 Å². The van der Waals surface area contributed by atoms with Crippen LogP contribution in [0, 0.1) is 0 Å². The van der Waals surface area contributed by atoms with Crippen molar-refractivity contribution in [1.82, 2.24) is 4.90 Å². The number of hydrogen-bond acceptors (Lipinski definition) is 2. The van der Waals surface area contributed by atoms with Gasteiger partial charge in [-0.1, -0.05) is 51.0 Å². The molecule has 3 heteroatoms. The quantitative estimate of drug-likeness (QED) is 0.779. The fraction of sp³-hybridized carbons (Fsp3) is 0.435. The van der Waals surface area contributed by atoms with Gasteiger partial charge in [0.15, 0.2) is 0 Å². The van der Waals surface area contributed by atoms with Crippen LogP contribution < -0.4 is 5.32 Å². The number of hydrogen-bond donors (Lipinski definition) is 1. The normalized spacial score (nSPS) is 15.7.